The molecular weight excluding hydrogens is 356 g/mol. The number of amides is 1. The molecule has 0 unspecified atom stereocenters. The molecule has 0 saturated carbocycles. The molecule has 0 bridgehead atoms. The van der Waals surface area contributed by atoms with Crippen molar-refractivity contribution < 1.29 is 9.90 Å². The van der Waals surface area contributed by atoms with Gasteiger partial charge < -0.3 is 10.4 Å². The second-order valence-corrected chi connectivity index (χ2v) is 6.12. The quantitative estimate of drug-likeness (QED) is 0.542. The van der Waals surface area contributed by atoms with Crippen LogP contribution >= 0.6 is 0 Å². The summed E-state index contributed by atoms with van der Waals surface area (Å²) >= 11 is 0. The van der Waals surface area contributed by atoms with Crippen molar-refractivity contribution in [3.63, 3.8) is 0 Å². The van der Waals surface area contributed by atoms with Crippen molar-refractivity contribution in [2.45, 2.75) is 6.92 Å². The van der Waals surface area contributed by atoms with Gasteiger partial charge in [-0.15, -0.1) is 0 Å². The zero-order chi connectivity index (χ0) is 20.3. The number of nitrogens with zero attached hydrogens (tertiary/aromatic N) is 3. The van der Waals surface area contributed by atoms with Crippen molar-refractivity contribution in [3.8, 4) is 17.5 Å². The summed E-state index contributed by atoms with van der Waals surface area (Å²) in [6.45, 7) is 1.70. The van der Waals surface area contributed by atoms with Gasteiger partial charge in [-0.2, -0.15) is 5.26 Å². The molecule has 0 spiro atoms. The number of nitrogens with one attached hydrogen (secondary N) is 1. The topological polar surface area (TPSA) is 100 Å². The van der Waals surface area contributed by atoms with Gasteiger partial charge in [0.25, 0.3) is 11.5 Å². The molecule has 140 valence electrons. The first-order valence-electron chi connectivity index (χ1n) is 8.49. The van der Waals surface area contributed by atoms with E-state index >= 15 is 0 Å². The Morgan fingerprint density at radius 1 is 1.14 bits per heavy atom. The zero-order valence-electron chi connectivity index (χ0n) is 15.4. The number of rotatable bonds is 4. The summed E-state index contributed by atoms with van der Waals surface area (Å²) in [5, 5.41) is 21.7. The van der Waals surface area contributed by atoms with Crippen molar-refractivity contribution >= 4 is 17.7 Å². The second kappa shape index (κ2) is 7.68. The molecule has 1 amide bonds. The van der Waals surface area contributed by atoms with E-state index in [1.807, 2.05) is 24.3 Å². The normalized spacial score (nSPS) is 11.1. The smallest absolute Gasteiger partial charge is 0.295 e. The lowest BCUT2D eigenvalue weighted by Gasteiger charge is -2.07. The van der Waals surface area contributed by atoms with E-state index in [1.165, 1.54) is 16.8 Å². The number of aromatic nitrogens is 2. The molecule has 28 heavy (non-hydrogen) atoms. The minimum atomic E-state index is -0.725. The van der Waals surface area contributed by atoms with Gasteiger partial charge in [0.05, 0.1) is 11.4 Å². The highest BCUT2D eigenvalue weighted by atomic mass is 16.3. The molecule has 1 heterocycles. The molecule has 7 nitrogen and oxygen atoms in total. The molecule has 3 aromatic rings. The van der Waals surface area contributed by atoms with E-state index in [4.69, 9.17) is 0 Å². The minimum absolute atomic E-state index is 0.0506. The van der Waals surface area contributed by atoms with Crippen molar-refractivity contribution in [2.75, 3.05) is 5.32 Å². The SMILES string of the molecule is Cc1c(NC(=O)/C(C#N)=C/c2ccccc2O)c(=O)n(-c2ccccc2)n1C. The molecule has 0 radical (unpaired) electrons. The lowest BCUT2D eigenvalue weighted by atomic mass is 10.1. The third-order valence-electron chi connectivity index (χ3n) is 4.39. The Kier molecular flexibility index (Phi) is 5.14. The van der Waals surface area contributed by atoms with Crippen LogP contribution in [0.4, 0.5) is 5.69 Å². The van der Waals surface area contributed by atoms with E-state index in [2.05, 4.69) is 5.32 Å². The first-order chi connectivity index (χ1) is 13.4. The van der Waals surface area contributed by atoms with Crippen LogP contribution in [0.15, 0.2) is 65.0 Å². The monoisotopic (exact) mass is 374 g/mol. The zero-order valence-corrected chi connectivity index (χ0v) is 15.4. The Morgan fingerprint density at radius 2 is 1.79 bits per heavy atom. The maximum absolute atomic E-state index is 12.9. The van der Waals surface area contributed by atoms with Gasteiger partial charge in [0.2, 0.25) is 0 Å². The average Bonchev–Trinajstić information content (AvgIpc) is 2.91. The maximum atomic E-state index is 12.9. The standard InChI is InChI=1S/C21H18N4O3/c1-14-19(21(28)25(24(14)2)17-9-4-3-5-10-17)23-20(27)16(13-22)12-15-8-6-7-11-18(15)26/h3-12,26H,1-2H3,(H,23,27)/b16-12+. The Morgan fingerprint density at radius 3 is 2.43 bits per heavy atom. The summed E-state index contributed by atoms with van der Waals surface area (Å²) in [5.41, 5.74) is 0.996. The first-order valence-corrected chi connectivity index (χ1v) is 8.49. The summed E-state index contributed by atoms with van der Waals surface area (Å²) in [5.74, 6) is -0.776. The van der Waals surface area contributed by atoms with E-state index in [-0.39, 0.29) is 17.0 Å². The fourth-order valence-electron chi connectivity index (χ4n) is 2.81. The lowest BCUT2D eigenvalue weighted by molar-refractivity contribution is -0.112. The van der Waals surface area contributed by atoms with E-state index in [1.54, 1.807) is 49.0 Å². The fourth-order valence-corrected chi connectivity index (χ4v) is 2.81. The molecule has 0 atom stereocenters. The van der Waals surface area contributed by atoms with E-state index in [0.717, 1.165) is 0 Å². The lowest BCUT2D eigenvalue weighted by Crippen LogP contribution is -2.23. The molecule has 0 fully saturated rings. The number of carbonyl (C=O) groups excluding carboxylic acids is 1. The van der Waals surface area contributed by atoms with Crippen LogP contribution in [0, 0.1) is 18.3 Å². The summed E-state index contributed by atoms with van der Waals surface area (Å²) in [7, 11) is 1.71. The van der Waals surface area contributed by atoms with Gasteiger partial charge >= 0.3 is 0 Å². The van der Waals surface area contributed by atoms with Crippen LogP contribution in [-0.4, -0.2) is 20.4 Å². The van der Waals surface area contributed by atoms with Gasteiger partial charge in [0.1, 0.15) is 23.1 Å². The Balaban J connectivity index is 1.98. The third-order valence-corrected chi connectivity index (χ3v) is 4.39. The van der Waals surface area contributed by atoms with Crippen molar-refractivity contribution in [1.29, 1.82) is 5.26 Å². The molecule has 0 aliphatic carbocycles. The molecule has 0 saturated heterocycles. The number of hydrogen-bond acceptors (Lipinski definition) is 4. The number of hydrogen-bond donors (Lipinski definition) is 2. The highest BCUT2D eigenvalue weighted by Crippen LogP contribution is 2.20. The summed E-state index contributed by atoms with van der Waals surface area (Å²) in [4.78, 5) is 25.4. The maximum Gasteiger partial charge on any atom is 0.295 e. The van der Waals surface area contributed by atoms with Crippen LogP contribution in [0.5, 0.6) is 5.75 Å². The largest absolute Gasteiger partial charge is 0.507 e. The van der Waals surface area contributed by atoms with Crippen molar-refractivity contribution in [1.82, 2.24) is 9.36 Å². The van der Waals surface area contributed by atoms with Gasteiger partial charge in [0, 0.05) is 12.6 Å². The number of para-hydroxylation sites is 2. The number of anilines is 1. The van der Waals surface area contributed by atoms with Gasteiger partial charge in [-0.1, -0.05) is 36.4 Å². The summed E-state index contributed by atoms with van der Waals surface area (Å²) in [6, 6.07) is 17.2. The number of benzene rings is 2. The van der Waals surface area contributed by atoms with Crippen LogP contribution in [0.25, 0.3) is 11.8 Å². The number of carbonyl (C=O) groups is 1. The molecule has 3 rings (SSSR count). The molecule has 2 aromatic carbocycles. The molecule has 1 aromatic heterocycles. The predicted octanol–water partition coefficient (Wildman–Crippen LogP) is 2.74. The highest BCUT2D eigenvalue weighted by Gasteiger charge is 2.20. The van der Waals surface area contributed by atoms with Gasteiger partial charge in [0.15, 0.2) is 0 Å². The van der Waals surface area contributed by atoms with Crippen LogP contribution in [0.3, 0.4) is 0 Å². The Hall–Kier alpha value is -4.05. The Labute approximate surface area is 161 Å². The predicted molar refractivity (Wildman–Crippen MR) is 106 cm³/mol. The number of nitriles is 1. The summed E-state index contributed by atoms with van der Waals surface area (Å²) in [6.07, 6.45) is 1.28. The van der Waals surface area contributed by atoms with Crippen LogP contribution in [0.1, 0.15) is 11.3 Å². The number of phenolic OH excluding ortho intramolecular Hbond substituents is 1. The summed E-state index contributed by atoms with van der Waals surface area (Å²) < 4.78 is 3.07. The van der Waals surface area contributed by atoms with Gasteiger partial charge in [-0.25, -0.2) is 4.68 Å². The second-order valence-electron chi connectivity index (χ2n) is 6.12. The average molecular weight is 374 g/mol. The fraction of sp³-hybridized carbons (Fsp3) is 0.0952. The van der Waals surface area contributed by atoms with Crippen molar-refractivity contribution in [2.24, 2.45) is 7.05 Å². The first kappa shape index (κ1) is 18.7. The number of phenols is 1. The van der Waals surface area contributed by atoms with Crippen molar-refractivity contribution in [3.05, 3.63) is 81.8 Å². The third kappa shape index (κ3) is 3.44. The molecular formula is C21H18N4O3. The van der Waals surface area contributed by atoms with Crippen LogP contribution < -0.4 is 10.9 Å². The van der Waals surface area contributed by atoms with Crippen LogP contribution in [-0.2, 0) is 11.8 Å². The van der Waals surface area contributed by atoms with Crippen LogP contribution in [0.2, 0.25) is 0 Å². The van der Waals surface area contributed by atoms with E-state index in [9.17, 15) is 20.0 Å². The molecule has 0 aliphatic heterocycles. The molecule has 2 N–H and O–H groups in total. The Bertz CT molecular complexity index is 1160. The highest BCUT2D eigenvalue weighted by molar-refractivity contribution is 6.10. The molecule has 0 aliphatic rings. The molecule has 7 heteroatoms. The van der Waals surface area contributed by atoms with E-state index < -0.39 is 11.5 Å². The van der Waals surface area contributed by atoms with E-state index in [0.29, 0.717) is 16.9 Å². The minimum Gasteiger partial charge on any atom is -0.507 e. The van der Waals surface area contributed by atoms with Gasteiger partial charge in [-0.05, 0) is 31.2 Å². The number of aromatic hydroxyl groups is 1. The van der Waals surface area contributed by atoms with Gasteiger partial charge in [-0.3, -0.25) is 14.3 Å².